The summed E-state index contributed by atoms with van der Waals surface area (Å²) in [6.45, 7) is -0.272. The minimum absolute atomic E-state index is 0.147. The van der Waals surface area contributed by atoms with Crippen LogP contribution in [0.5, 0.6) is 0 Å². The lowest BCUT2D eigenvalue weighted by Crippen LogP contribution is -2.30. The Morgan fingerprint density at radius 3 is 2.33 bits per heavy atom. The number of aryl methyl sites for hydroxylation is 1. The van der Waals surface area contributed by atoms with E-state index in [1.54, 1.807) is 48.3 Å². The number of halogens is 1. The fourth-order valence-electron chi connectivity index (χ4n) is 5.67. The van der Waals surface area contributed by atoms with E-state index in [0.717, 1.165) is 15.7 Å². The van der Waals surface area contributed by atoms with E-state index in [1.165, 1.54) is 6.07 Å². The minimum Gasteiger partial charge on any atom is -0.269 e. The second-order valence-corrected chi connectivity index (χ2v) is 9.97. The van der Waals surface area contributed by atoms with Gasteiger partial charge in [0.25, 0.3) is 17.4 Å². The number of nitriles is 1. The van der Waals surface area contributed by atoms with Crippen LogP contribution < -0.4 is 5.56 Å². The van der Waals surface area contributed by atoms with Gasteiger partial charge in [0.2, 0.25) is 0 Å². The summed E-state index contributed by atoms with van der Waals surface area (Å²) in [5.74, 6) is -1.80. The number of carbonyl (C=O) groups excluding carboxylic acids is 2. The molecular formula is C32H19FN6O3. The van der Waals surface area contributed by atoms with Gasteiger partial charge in [-0.25, -0.2) is 9.49 Å². The lowest BCUT2D eigenvalue weighted by Gasteiger charge is -2.15. The maximum atomic E-state index is 15.7. The normalized spacial score (nSPS) is 12.7. The van der Waals surface area contributed by atoms with Crippen LogP contribution in [0.2, 0.25) is 0 Å². The molecule has 2 amide bonds. The Balaban J connectivity index is 1.40. The van der Waals surface area contributed by atoms with Crippen LogP contribution in [0, 0.1) is 17.1 Å². The van der Waals surface area contributed by atoms with Gasteiger partial charge in [-0.15, -0.1) is 0 Å². The quantitative estimate of drug-likeness (QED) is 0.308. The maximum Gasteiger partial charge on any atom is 0.275 e. The van der Waals surface area contributed by atoms with Crippen molar-refractivity contribution in [3.63, 3.8) is 0 Å². The van der Waals surface area contributed by atoms with Crippen molar-refractivity contribution in [1.29, 1.82) is 5.26 Å². The Morgan fingerprint density at radius 2 is 1.60 bits per heavy atom. The topological polar surface area (TPSA) is 125 Å². The third kappa shape index (κ3) is 3.64. The molecule has 1 N–H and O–H groups in total. The zero-order valence-corrected chi connectivity index (χ0v) is 22.1. The van der Waals surface area contributed by atoms with Crippen LogP contribution in [0.25, 0.3) is 43.9 Å². The average Bonchev–Trinajstić information content (AvgIpc) is 3.50. The van der Waals surface area contributed by atoms with Gasteiger partial charge in [0.05, 0.1) is 46.2 Å². The highest BCUT2D eigenvalue weighted by Gasteiger charge is 2.36. The summed E-state index contributed by atoms with van der Waals surface area (Å²) in [7, 11) is 1.73. The number of benzene rings is 4. The second-order valence-electron chi connectivity index (χ2n) is 9.97. The van der Waals surface area contributed by atoms with Crippen LogP contribution >= 0.6 is 0 Å². The molecule has 202 valence electrons. The first-order valence-corrected chi connectivity index (χ1v) is 13.0. The van der Waals surface area contributed by atoms with E-state index in [1.807, 2.05) is 36.4 Å². The van der Waals surface area contributed by atoms with Crippen molar-refractivity contribution in [3.8, 4) is 28.5 Å². The number of carbonyl (C=O) groups is 2. The van der Waals surface area contributed by atoms with Gasteiger partial charge >= 0.3 is 0 Å². The number of hydrogen-bond acceptors (Lipinski definition) is 6. The van der Waals surface area contributed by atoms with E-state index in [-0.39, 0.29) is 34.1 Å². The van der Waals surface area contributed by atoms with Gasteiger partial charge in [0.15, 0.2) is 0 Å². The van der Waals surface area contributed by atoms with E-state index < -0.39 is 23.2 Å². The first kappa shape index (κ1) is 25.0. The average molecular weight is 555 g/mol. The molecule has 4 aromatic carbocycles. The van der Waals surface area contributed by atoms with Crippen LogP contribution in [-0.4, -0.2) is 36.7 Å². The van der Waals surface area contributed by atoms with Gasteiger partial charge in [0, 0.05) is 28.9 Å². The van der Waals surface area contributed by atoms with Crippen molar-refractivity contribution in [2.45, 2.75) is 6.54 Å². The number of nitrogens with one attached hydrogen (secondary N) is 1. The third-order valence-electron chi connectivity index (χ3n) is 7.65. The molecule has 0 fully saturated rings. The SMILES string of the molecule is Cn1ncc(-c2cc(F)c3c(=O)[nH]nc(CN4C(=O)c5ccccc5C4=O)c3c2)c1-c1ccc2ccccc2c1C#N. The number of H-pyrrole nitrogens is 1. The molecule has 0 aliphatic carbocycles. The van der Waals surface area contributed by atoms with Gasteiger partial charge in [-0.05, 0) is 35.2 Å². The zero-order valence-electron chi connectivity index (χ0n) is 22.1. The Hall–Kier alpha value is -5.95. The lowest BCUT2D eigenvalue weighted by molar-refractivity contribution is 0.0640. The first-order chi connectivity index (χ1) is 20.4. The fourth-order valence-corrected chi connectivity index (χ4v) is 5.67. The molecule has 0 unspecified atom stereocenters. The van der Waals surface area contributed by atoms with Crippen LogP contribution in [0.1, 0.15) is 32.0 Å². The molecule has 7 rings (SSSR count). The van der Waals surface area contributed by atoms with Crippen molar-refractivity contribution in [2.24, 2.45) is 7.05 Å². The molecule has 9 nitrogen and oxygen atoms in total. The predicted molar refractivity (Wildman–Crippen MR) is 153 cm³/mol. The van der Waals surface area contributed by atoms with E-state index in [9.17, 15) is 19.6 Å². The highest BCUT2D eigenvalue weighted by atomic mass is 19.1. The highest BCUT2D eigenvalue weighted by Crippen LogP contribution is 2.38. The Bertz CT molecular complexity index is 2210. The Kier molecular flexibility index (Phi) is 5.55. The van der Waals surface area contributed by atoms with Gasteiger partial charge < -0.3 is 0 Å². The van der Waals surface area contributed by atoms with E-state index >= 15 is 4.39 Å². The lowest BCUT2D eigenvalue weighted by atomic mass is 9.93. The monoisotopic (exact) mass is 554 g/mol. The maximum absolute atomic E-state index is 15.7. The molecule has 0 radical (unpaired) electrons. The van der Waals surface area contributed by atoms with Crippen molar-refractivity contribution in [3.05, 3.63) is 118 Å². The highest BCUT2D eigenvalue weighted by molar-refractivity contribution is 6.21. The summed E-state index contributed by atoms with van der Waals surface area (Å²) >= 11 is 0. The molecular weight excluding hydrogens is 535 g/mol. The zero-order chi connectivity index (χ0) is 29.1. The van der Waals surface area contributed by atoms with Gasteiger partial charge in [0.1, 0.15) is 11.9 Å². The van der Waals surface area contributed by atoms with Gasteiger partial charge in [-0.1, -0.05) is 48.5 Å². The van der Waals surface area contributed by atoms with Crippen molar-refractivity contribution < 1.29 is 14.0 Å². The molecule has 42 heavy (non-hydrogen) atoms. The van der Waals surface area contributed by atoms with Crippen LogP contribution in [0.4, 0.5) is 4.39 Å². The molecule has 6 aromatic rings. The van der Waals surface area contributed by atoms with E-state index in [4.69, 9.17) is 0 Å². The Morgan fingerprint density at radius 1 is 0.881 bits per heavy atom. The minimum atomic E-state index is -0.802. The van der Waals surface area contributed by atoms with E-state index in [0.29, 0.717) is 27.9 Å². The molecule has 1 aliphatic heterocycles. The molecule has 0 bridgehead atoms. The summed E-state index contributed by atoms with van der Waals surface area (Å²) in [5.41, 5.74) is 2.50. The molecule has 1 aliphatic rings. The number of imide groups is 1. The van der Waals surface area contributed by atoms with Gasteiger partial charge in [-0.2, -0.15) is 15.5 Å². The molecule has 0 atom stereocenters. The first-order valence-electron chi connectivity index (χ1n) is 13.0. The Labute approximate surface area is 237 Å². The second kappa shape index (κ2) is 9.31. The van der Waals surface area contributed by atoms with Crippen molar-refractivity contribution in [2.75, 3.05) is 0 Å². The number of aromatic nitrogens is 4. The van der Waals surface area contributed by atoms with Crippen LogP contribution in [-0.2, 0) is 13.6 Å². The molecule has 0 saturated heterocycles. The number of rotatable bonds is 4. The van der Waals surface area contributed by atoms with Crippen molar-refractivity contribution in [1.82, 2.24) is 24.9 Å². The van der Waals surface area contributed by atoms with Crippen LogP contribution in [0.15, 0.2) is 83.8 Å². The number of hydrogen-bond donors (Lipinski definition) is 1. The number of fused-ring (bicyclic) bond motifs is 3. The summed E-state index contributed by atoms with van der Waals surface area (Å²) < 4.78 is 17.3. The fraction of sp³-hybridized carbons (Fsp3) is 0.0625. The van der Waals surface area contributed by atoms with E-state index in [2.05, 4.69) is 21.4 Å². The van der Waals surface area contributed by atoms with Crippen molar-refractivity contribution >= 4 is 33.4 Å². The molecule has 0 saturated carbocycles. The predicted octanol–water partition coefficient (Wildman–Crippen LogP) is 4.95. The smallest absolute Gasteiger partial charge is 0.269 e. The molecule has 3 heterocycles. The number of amides is 2. The third-order valence-corrected chi connectivity index (χ3v) is 7.65. The summed E-state index contributed by atoms with van der Waals surface area (Å²) in [6.07, 6.45) is 1.57. The summed E-state index contributed by atoms with van der Waals surface area (Å²) in [6, 6.07) is 22.9. The molecule has 0 spiro atoms. The number of nitrogens with zero attached hydrogens (tertiary/aromatic N) is 5. The molecule has 10 heteroatoms. The standard InChI is InChI=1S/C32H19FN6O3/c1-38-29(20-11-10-17-6-2-3-7-19(17)24(20)14-34)25(15-35-38)18-12-23-27(36-37-30(40)28(23)26(33)13-18)16-39-31(41)21-8-4-5-9-22(21)32(39)42/h2-13,15H,16H2,1H3,(H,37,40). The van der Waals surface area contributed by atoms with Gasteiger partial charge in [-0.3, -0.25) is 24.0 Å². The summed E-state index contributed by atoms with van der Waals surface area (Å²) in [5, 5.41) is 22.5. The largest absolute Gasteiger partial charge is 0.275 e. The number of aromatic amines is 1. The van der Waals surface area contributed by atoms with Crippen LogP contribution in [0.3, 0.4) is 0 Å². The summed E-state index contributed by atoms with van der Waals surface area (Å²) in [4.78, 5) is 39.8. The molecule has 2 aromatic heterocycles.